The molecule has 1 radical (unpaired) electrons. The maximum absolute atomic E-state index is 13.2. The van der Waals surface area contributed by atoms with Gasteiger partial charge in [0.15, 0.2) is 7.28 Å². The lowest BCUT2D eigenvalue weighted by Gasteiger charge is -2.26. The standard InChI is InChI=1S/C30H32BN2O/c1-19-8-6-9-24(21(19)3)25-10-7-11-26(22(25)4)29(34)32-16-23-15-27-28(14-20(23)2)31-17-30(27)12-13-33(5)18-30/h6-11,14-16H,12-13,17-18H2,1-5H3. The molecule has 3 aromatic carbocycles. The third-order valence-electron chi connectivity index (χ3n) is 8.05. The van der Waals surface area contributed by atoms with E-state index in [1.165, 1.54) is 34.1 Å². The molecule has 2 heterocycles. The van der Waals surface area contributed by atoms with Crippen molar-refractivity contribution in [3.63, 3.8) is 0 Å². The van der Waals surface area contributed by atoms with Crippen LogP contribution in [0.25, 0.3) is 11.1 Å². The first kappa shape index (κ1) is 22.8. The van der Waals surface area contributed by atoms with Crippen LogP contribution in [0, 0.1) is 27.7 Å². The van der Waals surface area contributed by atoms with Gasteiger partial charge in [0.25, 0.3) is 5.91 Å². The average molecular weight is 447 g/mol. The summed E-state index contributed by atoms with van der Waals surface area (Å²) >= 11 is 0. The highest BCUT2D eigenvalue weighted by Gasteiger charge is 2.43. The fourth-order valence-corrected chi connectivity index (χ4v) is 5.80. The Balaban J connectivity index is 1.46. The number of hydrogen-bond donors (Lipinski definition) is 0. The van der Waals surface area contributed by atoms with Gasteiger partial charge in [0.1, 0.15) is 0 Å². The van der Waals surface area contributed by atoms with Gasteiger partial charge >= 0.3 is 0 Å². The molecule has 2 aliphatic rings. The number of aryl methyl sites for hydroxylation is 2. The summed E-state index contributed by atoms with van der Waals surface area (Å²) in [4.78, 5) is 20.1. The Kier molecular flexibility index (Phi) is 5.81. The van der Waals surface area contributed by atoms with Crippen molar-refractivity contribution in [1.29, 1.82) is 0 Å². The second-order valence-electron chi connectivity index (χ2n) is 10.3. The van der Waals surface area contributed by atoms with Crippen LogP contribution in [-0.2, 0) is 5.41 Å². The van der Waals surface area contributed by atoms with Crippen molar-refractivity contribution < 1.29 is 4.79 Å². The predicted molar refractivity (Wildman–Crippen MR) is 143 cm³/mol. The normalized spacial score (nSPS) is 19.7. The quantitative estimate of drug-likeness (QED) is 0.409. The van der Waals surface area contributed by atoms with E-state index in [0.29, 0.717) is 5.56 Å². The number of rotatable bonds is 3. The van der Waals surface area contributed by atoms with E-state index in [-0.39, 0.29) is 11.3 Å². The molecule has 0 bridgehead atoms. The number of carbonyl (C=O) groups is 1. The summed E-state index contributed by atoms with van der Waals surface area (Å²) in [5.41, 5.74) is 11.6. The molecule has 1 spiro atoms. The maximum atomic E-state index is 13.2. The van der Waals surface area contributed by atoms with Crippen molar-refractivity contribution in [2.24, 2.45) is 4.99 Å². The van der Waals surface area contributed by atoms with Crippen LogP contribution in [0.4, 0.5) is 0 Å². The Morgan fingerprint density at radius 1 is 1.00 bits per heavy atom. The van der Waals surface area contributed by atoms with E-state index in [1.54, 1.807) is 6.21 Å². The first-order chi connectivity index (χ1) is 16.3. The predicted octanol–water partition coefficient (Wildman–Crippen LogP) is 5.18. The van der Waals surface area contributed by atoms with Crippen LogP contribution in [0.5, 0.6) is 0 Å². The summed E-state index contributed by atoms with van der Waals surface area (Å²) in [5.74, 6) is -0.188. The number of aliphatic imine (C=N–C) groups is 1. The van der Waals surface area contributed by atoms with Crippen molar-refractivity contribution in [2.45, 2.75) is 45.9 Å². The monoisotopic (exact) mass is 447 g/mol. The summed E-state index contributed by atoms with van der Waals surface area (Å²) in [6, 6.07) is 16.8. The lowest BCUT2D eigenvalue weighted by Crippen LogP contribution is -2.28. The molecular formula is C30H32BN2O. The van der Waals surface area contributed by atoms with Gasteiger partial charge in [-0.25, -0.2) is 4.99 Å². The van der Waals surface area contributed by atoms with Gasteiger partial charge in [-0.05, 0) is 104 Å². The van der Waals surface area contributed by atoms with Gasteiger partial charge in [0.2, 0.25) is 0 Å². The van der Waals surface area contributed by atoms with Gasteiger partial charge in [0.05, 0.1) is 0 Å². The Morgan fingerprint density at radius 3 is 2.47 bits per heavy atom. The molecule has 1 saturated heterocycles. The second-order valence-corrected chi connectivity index (χ2v) is 10.3. The summed E-state index contributed by atoms with van der Waals surface area (Å²) in [6.07, 6.45) is 4.07. The molecule has 3 nitrogen and oxygen atoms in total. The first-order valence-corrected chi connectivity index (χ1v) is 12.2. The van der Waals surface area contributed by atoms with Crippen LogP contribution >= 0.6 is 0 Å². The van der Waals surface area contributed by atoms with Gasteiger partial charge < -0.3 is 4.90 Å². The molecule has 5 rings (SSSR count). The first-order valence-electron chi connectivity index (χ1n) is 12.2. The molecule has 1 amide bonds. The van der Waals surface area contributed by atoms with E-state index in [4.69, 9.17) is 0 Å². The van der Waals surface area contributed by atoms with Crippen LogP contribution in [0.1, 0.15) is 50.2 Å². The number of hydrogen-bond acceptors (Lipinski definition) is 2. The number of benzene rings is 3. The fourth-order valence-electron chi connectivity index (χ4n) is 5.80. The van der Waals surface area contributed by atoms with Gasteiger partial charge in [-0.1, -0.05) is 48.2 Å². The van der Waals surface area contributed by atoms with E-state index >= 15 is 0 Å². The summed E-state index contributed by atoms with van der Waals surface area (Å²) in [6.45, 7) is 10.6. The molecule has 4 heteroatoms. The molecule has 1 atom stereocenters. The molecule has 0 N–H and O–H groups in total. The number of amides is 1. The van der Waals surface area contributed by atoms with Crippen LogP contribution in [0.3, 0.4) is 0 Å². The molecule has 0 aliphatic carbocycles. The molecular weight excluding hydrogens is 415 g/mol. The number of nitrogens with zero attached hydrogens (tertiary/aromatic N) is 2. The molecule has 1 unspecified atom stereocenters. The Morgan fingerprint density at radius 2 is 1.74 bits per heavy atom. The van der Waals surface area contributed by atoms with Gasteiger partial charge in [-0.2, -0.15) is 0 Å². The van der Waals surface area contributed by atoms with Crippen LogP contribution in [0.2, 0.25) is 6.32 Å². The van der Waals surface area contributed by atoms with Crippen molar-refractivity contribution in [2.75, 3.05) is 20.1 Å². The van der Waals surface area contributed by atoms with Gasteiger partial charge in [-0.15, -0.1) is 0 Å². The molecule has 0 aromatic heterocycles. The van der Waals surface area contributed by atoms with Crippen molar-refractivity contribution in [1.82, 2.24) is 4.90 Å². The van der Waals surface area contributed by atoms with Crippen LogP contribution in [-0.4, -0.2) is 44.4 Å². The average Bonchev–Trinajstić information content (AvgIpc) is 3.36. The van der Waals surface area contributed by atoms with Gasteiger partial charge in [-0.3, -0.25) is 4.79 Å². The Bertz CT molecular complexity index is 1330. The summed E-state index contributed by atoms with van der Waals surface area (Å²) in [5, 5.41) is 0. The molecule has 2 aliphatic heterocycles. The maximum Gasteiger partial charge on any atom is 0.277 e. The minimum Gasteiger partial charge on any atom is -0.305 e. The largest absolute Gasteiger partial charge is 0.305 e. The number of likely N-dealkylation sites (N-methyl/N-ethyl adjacent to an activating group) is 1. The van der Waals surface area contributed by atoms with Crippen molar-refractivity contribution >= 4 is 24.9 Å². The zero-order valence-corrected chi connectivity index (χ0v) is 20.9. The van der Waals surface area contributed by atoms with E-state index in [2.05, 4.69) is 81.4 Å². The molecule has 3 aromatic rings. The topological polar surface area (TPSA) is 32.7 Å². The molecule has 171 valence electrons. The van der Waals surface area contributed by atoms with E-state index in [1.807, 2.05) is 19.1 Å². The lowest BCUT2D eigenvalue weighted by atomic mass is 9.68. The number of fused-ring (bicyclic) bond motifs is 2. The van der Waals surface area contributed by atoms with Crippen molar-refractivity contribution in [3.8, 4) is 11.1 Å². The Labute approximate surface area is 204 Å². The smallest absolute Gasteiger partial charge is 0.277 e. The second kappa shape index (κ2) is 8.67. The highest BCUT2D eigenvalue weighted by molar-refractivity contribution is 6.56. The third-order valence-corrected chi connectivity index (χ3v) is 8.05. The van der Waals surface area contributed by atoms with Gasteiger partial charge in [0, 0.05) is 23.7 Å². The zero-order chi connectivity index (χ0) is 24.0. The summed E-state index contributed by atoms with van der Waals surface area (Å²) in [7, 11) is 4.59. The SMILES string of the molecule is Cc1cc2c(cc1C=NC(=O)c1cccc(-c3cccc(C)c3C)c1C)C1(C[B]2)CCN(C)C1. The molecule has 1 fully saturated rings. The highest BCUT2D eigenvalue weighted by atomic mass is 16.1. The Hall–Kier alpha value is -2.98. The minimum absolute atomic E-state index is 0.188. The molecule has 0 saturated carbocycles. The van der Waals surface area contributed by atoms with Crippen LogP contribution in [0.15, 0.2) is 53.5 Å². The molecule has 34 heavy (non-hydrogen) atoms. The fraction of sp³-hybridized carbons (Fsp3) is 0.333. The summed E-state index contributed by atoms with van der Waals surface area (Å²) < 4.78 is 0. The number of likely N-dealkylation sites (tertiary alicyclic amines) is 1. The lowest BCUT2D eigenvalue weighted by molar-refractivity contribution is 0.100. The van der Waals surface area contributed by atoms with E-state index in [9.17, 15) is 4.79 Å². The minimum atomic E-state index is -0.188. The van der Waals surface area contributed by atoms with E-state index in [0.717, 1.165) is 41.7 Å². The van der Waals surface area contributed by atoms with E-state index < -0.39 is 0 Å². The van der Waals surface area contributed by atoms with Crippen molar-refractivity contribution in [3.05, 3.63) is 87.5 Å². The third kappa shape index (κ3) is 3.84. The highest BCUT2D eigenvalue weighted by Crippen LogP contribution is 2.40. The zero-order valence-electron chi connectivity index (χ0n) is 20.9. The van der Waals surface area contributed by atoms with Crippen LogP contribution < -0.4 is 5.46 Å². The number of carbonyl (C=O) groups excluding carboxylic acids is 1.